The molecule has 6 heteroatoms. The second-order valence-corrected chi connectivity index (χ2v) is 5.95. The Morgan fingerprint density at radius 1 is 1.08 bits per heavy atom. The minimum Gasteiger partial charge on any atom is -0.491 e. The molecule has 0 spiro atoms. The van der Waals surface area contributed by atoms with E-state index < -0.39 is 11.7 Å². The second-order valence-electron chi connectivity index (χ2n) is 5.95. The monoisotopic (exact) mass is 351 g/mol. The van der Waals surface area contributed by atoms with Gasteiger partial charge in [-0.05, 0) is 37.9 Å². The van der Waals surface area contributed by atoms with E-state index in [0.717, 1.165) is 12.1 Å². The minimum absolute atomic E-state index is 0.113. The molecule has 0 aliphatic carbocycles. The molecule has 2 aromatic rings. The lowest BCUT2D eigenvalue weighted by molar-refractivity contribution is -0.137. The predicted molar refractivity (Wildman–Crippen MR) is 90.0 cm³/mol. The van der Waals surface area contributed by atoms with E-state index in [-0.39, 0.29) is 12.2 Å². The number of carbonyl (C=O) groups is 1. The number of likely N-dealkylation sites (N-methyl/N-ethyl adjacent to an activating group) is 1. The fourth-order valence-electron chi connectivity index (χ4n) is 2.30. The molecule has 0 amide bonds. The maximum absolute atomic E-state index is 12.8. The van der Waals surface area contributed by atoms with Gasteiger partial charge in [-0.3, -0.25) is 4.79 Å². The lowest BCUT2D eigenvalue weighted by Gasteiger charge is -2.14. The van der Waals surface area contributed by atoms with Crippen molar-refractivity contribution in [3.8, 4) is 5.75 Å². The first-order valence-electron chi connectivity index (χ1n) is 7.83. The van der Waals surface area contributed by atoms with Crippen LogP contribution < -0.4 is 4.74 Å². The van der Waals surface area contributed by atoms with Crippen LogP contribution in [-0.4, -0.2) is 37.9 Å². The molecular weight excluding hydrogens is 331 g/mol. The van der Waals surface area contributed by atoms with E-state index in [0.29, 0.717) is 30.0 Å². The van der Waals surface area contributed by atoms with E-state index in [1.54, 1.807) is 24.3 Å². The van der Waals surface area contributed by atoms with Gasteiger partial charge in [0.2, 0.25) is 0 Å². The number of halogens is 3. The van der Waals surface area contributed by atoms with Crippen LogP contribution in [0.15, 0.2) is 48.5 Å². The highest BCUT2D eigenvalue weighted by atomic mass is 19.4. The van der Waals surface area contributed by atoms with E-state index >= 15 is 0 Å². The number of nitrogens with zero attached hydrogens (tertiary/aromatic N) is 1. The van der Waals surface area contributed by atoms with E-state index in [4.69, 9.17) is 4.74 Å². The molecule has 0 bridgehead atoms. The Morgan fingerprint density at radius 3 is 2.48 bits per heavy atom. The number of Topliss-reactive ketones (excluding diaryl/α,β-unsaturated/α-hetero) is 1. The zero-order valence-corrected chi connectivity index (χ0v) is 14.1. The second kappa shape index (κ2) is 8.16. The number of carbonyl (C=O) groups excluding carboxylic acids is 1. The Hall–Kier alpha value is -2.34. The van der Waals surface area contributed by atoms with Gasteiger partial charge in [0.15, 0.2) is 5.78 Å². The van der Waals surface area contributed by atoms with Crippen molar-refractivity contribution in [3.63, 3.8) is 0 Å². The lowest BCUT2D eigenvalue weighted by Crippen LogP contribution is -2.20. The zero-order chi connectivity index (χ0) is 18.4. The first kappa shape index (κ1) is 19.0. The fraction of sp³-hybridized carbons (Fsp3) is 0.316. The zero-order valence-electron chi connectivity index (χ0n) is 14.1. The molecular formula is C19H20F3NO2. The number of benzene rings is 2. The van der Waals surface area contributed by atoms with E-state index in [1.165, 1.54) is 12.1 Å². The molecule has 0 saturated carbocycles. The Labute approximate surface area is 145 Å². The summed E-state index contributed by atoms with van der Waals surface area (Å²) in [5.41, 5.74) is -0.0603. The third kappa shape index (κ3) is 5.60. The van der Waals surface area contributed by atoms with Gasteiger partial charge in [-0.25, -0.2) is 0 Å². The lowest BCUT2D eigenvalue weighted by atomic mass is 10.0. The van der Waals surface area contributed by atoms with Crippen molar-refractivity contribution in [2.75, 3.05) is 27.2 Å². The van der Waals surface area contributed by atoms with Gasteiger partial charge in [0, 0.05) is 13.0 Å². The Morgan fingerprint density at radius 2 is 1.80 bits per heavy atom. The van der Waals surface area contributed by atoms with Gasteiger partial charge in [-0.2, -0.15) is 13.2 Å². The molecule has 2 rings (SSSR count). The maximum Gasteiger partial charge on any atom is 0.416 e. The molecule has 0 fully saturated rings. The van der Waals surface area contributed by atoms with Crippen LogP contribution in [0.2, 0.25) is 0 Å². The predicted octanol–water partition coefficient (Wildman–Crippen LogP) is 4.07. The molecule has 134 valence electrons. The number of ketones is 1. The summed E-state index contributed by atoms with van der Waals surface area (Å²) >= 11 is 0. The topological polar surface area (TPSA) is 29.5 Å². The van der Waals surface area contributed by atoms with E-state index in [1.807, 2.05) is 19.0 Å². The van der Waals surface area contributed by atoms with Gasteiger partial charge in [0.05, 0.1) is 11.1 Å². The number of alkyl halides is 3. The normalized spacial score (nSPS) is 11.6. The first-order valence-corrected chi connectivity index (χ1v) is 7.83. The number of hydrogen-bond donors (Lipinski definition) is 0. The van der Waals surface area contributed by atoms with Crippen molar-refractivity contribution in [2.24, 2.45) is 0 Å². The summed E-state index contributed by atoms with van der Waals surface area (Å²) in [4.78, 5) is 14.5. The minimum atomic E-state index is -4.42. The molecule has 0 atom stereocenters. The van der Waals surface area contributed by atoms with Crippen molar-refractivity contribution in [1.82, 2.24) is 4.90 Å². The highest BCUT2D eigenvalue weighted by molar-refractivity contribution is 5.99. The largest absolute Gasteiger partial charge is 0.491 e. The van der Waals surface area contributed by atoms with Crippen LogP contribution in [0.1, 0.15) is 21.5 Å². The highest BCUT2D eigenvalue weighted by Crippen LogP contribution is 2.30. The molecule has 0 aromatic heterocycles. The number of para-hydroxylation sites is 1. The van der Waals surface area contributed by atoms with Gasteiger partial charge in [-0.1, -0.05) is 30.3 Å². The van der Waals surface area contributed by atoms with E-state index in [9.17, 15) is 18.0 Å². The first-order chi connectivity index (χ1) is 11.8. The van der Waals surface area contributed by atoms with Crippen LogP contribution in [0.25, 0.3) is 0 Å². The molecule has 25 heavy (non-hydrogen) atoms. The van der Waals surface area contributed by atoms with Crippen molar-refractivity contribution < 1.29 is 22.7 Å². The third-order valence-corrected chi connectivity index (χ3v) is 3.60. The Kier molecular flexibility index (Phi) is 6.20. The summed E-state index contributed by atoms with van der Waals surface area (Å²) < 4.78 is 44.0. The van der Waals surface area contributed by atoms with Gasteiger partial charge in [0.1, 0.15) is 12.4 Å². The summed E-state index contributed by atoms with van der Waals surface area (Å²) in [6.45, 7) is 1.11. The van der Waals surface area contributed by atoms with Crippen molar-refractivity contribution >= 4 is 5.78 Å². The molecule has 0 heterocycles. The Balaban J connectivity index is 2.13. The van der Waals surface area contributed by atoms with Crippen LogP contribution in [0.4, 0.5) is 13.2 Å². The molecule has 0 radical (unpaired) electrons. The van der Waals surface area contributed by atoms with Crippen molar-refractivity contribution in [1.29, 1.82) is 0 Å². The highest BCUT2D eigenvalue weighted by Gasteiger charge is 2.30. The van der Waals surface area contributed by atoms with Crippen LogP contribution in [0.3, 0.4) is 0 Å². The fourth-order valence-corrected chi connectivity index (χ4v) is 2.30. The quantitative estimate of drug-likeness (QED) is 0.704. The number of ether oxygens (including phenoxy) is 1. The number of rotatable bonds is 7. The van der Waals surface area contributed by atoms with Crippen molar-refractivity contribution in [3.05, 3.63) is 65.2 Å². The summed E-state index contributed by atoms with van der Waals surface area (Å²) in [6, 6.07) is 11.6. The molecule has 0 N–H and O–H groups in total. The molecule has 2 aromatic carbocycles. The number of hydrogen-bond acceptors (Lipinski definition) is 3. The smallest absolute Gasteiger partial charge is 0.416 e. The summed E-state index contributed by atoms with van der Waals surface area (Å²) in [6.07, 6.45) is -4.54. The summed E-state index contributed by atoms with van der Waals surface area (Å²) in [5.74, 6) is 0.168. The summed E-state index contributed by atoms with van der Waals surface area (Å²) in [5, 5.41) is 0. The Bertz CT molecular complexity index is 727. The van der Waals surface area contributed by atoms with Gasteiger partial charge in [-0.15, -0.1) is 0 Å². The molecule has 0 unspecified atom stereocenters. The van der Waals surface area contributed by atoms with Gasteiger partial charge < -0.3 is 9.64 Å². The molecule has 0 aliphatic heterocycles. The van der Waals surface area contributed by atoms with Crippen LogP contribution in [0.5, 0.6) is 5.75 Å². The van der Waals surface area contributed by atoms with Gasteiger partial charge >= 0.3 is 6.18 Å². The molecule has 3 nitrogen and oxygen atoms in total. The van der Waals surface area contributed by atoms with Gasteiger partial charge in [0.25, 0.3) is 0 Å². The summed E-state index contributed by atoms with van der Waals surface area (Å²) in [7, 11) is 3.82. The maximum atomic E-state index is 12.8. The molecule has 0 aliphatic rings. The molecule has 0 saturated heterocycles. The standard InChI is InChI=1S/C19H20F3NO2/c1-23(2)10-11-25-18-9-4-3-8-16(18)17(24)13-14-6-5-7-15(12-14)19(20,21)22/h3-9,12H,10-11,13H2,1-2H3. The van der Waals surface area contributed by atoms with Crippen LogP contribution >= 0.6 is 0 Å². The van der Waals surface area contributed by atoms with Crippen LogP contribution in [0, 0.1) is 0 Å². The third-order valence-electron chi connectivity index (χ3n) is 3.60. The average Bonchev–Trinajstić information content (AvgIpc) is 2.54. The van der Waals surface area contributed by atoms with E-state index in [2.05, 4.69) is 0 Å². The average molecular weight is 351 g/mol. The SMILES string of the molecule is CN(C)CCOc1ccccc1C(=O)Cc1cccc(C(F)(F)F)c1. The van der Waals surface area contributed by atoms with Crippen LogP contribution in [-0.2, 0) is 12.6 Å². The van der Waals surface area contributed by atoms with Crippen molar-refractivity contribution in [2.45, 2.75) is 12.6 Å².